The van der Waals surface area contributed by atoms with E-state index in [2.05, 4.69) is 0 Å². The fourth-order valence-electron chi connectivity index (χ4n) is 5.77. The number of phenols is 1. The van der Waals surface area contributed by atoms with Crippen molar-refractivity contribution in [3.63, 3.8) is 0 Å². The van der Waals surface area contributed by atoms with Crippen molar-refractivity contribution < 1.29 is 34.8 Å². The molecule has 0 unspecified atom stereocenters. The number of hydrogen-bond acceptors (Lipinski definition) is 8. The van der Waals surface area contributed by atoms with Crippen LogP contribution in [0, 0.1) is 11.8 Å². The predicted molar refractivity (Wildman–Crippen MR) is 124 cm³/mol. The van der Waals surface area contributed by atoms with Crippen LogP contribution in [0.3, 0.4) is 0 Å². The van der Waals surface area contributed by atoms with E-state index in [1.165, 1.54) is 0 Å². The number of hydrogen-bond donors (Lipinski definition) is 6. The molecule has 0 aliphatic heterocycles. The van der Waals surface area contributed by atoms with Gasteiger partial charge in [-0.25, -0.2) is 0 Å². The van der Waals surface area contributed by atoms with Crippen molar-refractivity contribution in [2.45, 2.75) is 31.4 Å². The van der Waals surface area contributed by atoms with E-state index in [9.17, 15) is 34.8 Å². The molecule has 3 aliphatic carbocycles. The Labute approximate surface area is 200 Å². The molecule has 0 radical (unpaired) electrons. The summed E-state index contributed by atoms with van der Waals surface area (Å²) in [6.07, 6.45) is 0.0475. The van der Waals surface area contributed by atoms with Gasteiger partial charge in [0.05, 0.1) is 5.56 Å². The van der Waals surface area contributed by atoms with Crippen molar-refractivity contribution in [1.29, 1.82) is 0 Å². The molecule has 0 heterocycles. The SMILES string of the molecule is NCc1cc(-c2ccccc2)c2c(c1O)C(=O)C1=C(O)[C@]3(O)C(=O)C(C(N)=O)=C(O)C[C@@H]3C[C@@H]1C2. The van der Waals surface area contributed by atoms with Gasteiger partial charge >= 0.3 is 0 Å². The van der Waals surface area contributed by atoms with Gasteiger partial charge in [0.1, 0.15) is 22.8 Å². The summed E-state index contributed by atoms with van der Waals surface area (Å²) in [5.41, 5.74) is 9.87. The molecule has 0 spiro atoms. The number of rotatable bonds is 3. The Kier molecular flexibility index (Phi) is 5.08. The van der Waals surface area contributed by atoms with Crippen molar-refractivity contribution in [3.05, 3.63) is 75.8 Å². The lowest BCUT2D eigenvalue weighted by atomic mass is 9.60. The van der Waals surface area contributed by atoms with Gasteiger partial charge in [-0.15, -0.1) is 0 Å². The zero-order chi connectivity index (χ0) is 25.2. The molecule has 180 valence electrons. The smallest absolute Gasteiger partial charge is 0.255 e. The first kappa shape index (κ1) is 22.8. The molecule has 8 N–H and O–H groups in total. The number of aromatic hydroxyl groups is 1. The Morgan fingerprint density at radius 2 is 1.77 bits per heavy atom. The molecule has 35 heavy (non-hydrogen) atoms. The average molecular weight is 476 g/mol. The Hall–Kier alpha value is -3.95. The summed E-state index contributed by atoms with van der Waals surface area (Å²) in [5, 5.41) is 43.7. The summed E-state index contributed by atoms with van der Waals surface area (Å²) in [5.74, 6) is -6.51. The Balaban J connectivity index is 1.73. The third kappa shape index (κ3) is 3.05. The van der Waals surface area contributed by atoms with Crippen LogP contribution in [0.25, 0.3) is 11.1 Å². The van der Waals surface area contributed by atoms with Crippen molar-refractivity contribution in [2.24, 2.45) is 23.3 Å². The zero-order valence-electron chi connectivity index (χ0n) is 18.6. The number of amides is 1. The third-order valence-corrected chi connectivity index (χ3v) is 7.45. The highest BCUT2D eigenvalue weighted by molar-refractivity contribution is 6.24. The van der Waals surface area contributed by atoms with Gasteiger partial charge in [-0.1, -0.05) is 30.3 Å². The second-order valence-electron chi connectivity index (χ2n) is 9.27. The highest BCUT2D eigenvalue weighted by atomic mass is 16.3. The number of fused-ring (bicyclic) bond motifs is 3. The summed E-state index contributed by atoms with van der Waals surface area (Å²) in [4.78, 5) is 38.5. The number of primary amides is 1. The Bertz CT molecular complexity index is 1380. The number of Topliss-reactive ketones (excluding diaryl/α,β-unsaturated/α-hetero) is 2. The van der Waals surface area contributed by atoms with E-state index in [1.54, 1.807) is 6.07 Å². The number of nitrogens with two attached hydrogens (primary N) is 2. The van der Waals surface area contributed by atoms with Crippen LogP contribution in [0.1, 0.15) is 34.3 Å². The van der Waals surface area contributed by atoms with E-state index in [-0.39, 0.29) is 42.7 Å². The maximum Gasteiger partial charge on any atom is 0.255 e. The standard InChI is InChI=1S/C26H24N2O7/c27-10-13-8-15(11-4-2-1-3-5-11)16-7-12-6-14-9-17(29)20(25(28)34)24(33)26(14,35)23(32)18(12)22(31)19(16)21(13)30/h1-5,8,12,14,29-30,32,35H,6-7,9-10,27H2,(H2,28,34)/t12-,14+,26+/m1/s1. The van der Waals surface area contributed by atoms with Gasteiger partial charge < -0.3 is 31.9 Å². The monoisotopic (exact) mass is 476 g/mol. The number of aliphatic hydroxyl groups excluding tert-OH is 2. The third-order valence-electron chi connectivity index (χ3n) is 7.45. The Morgan fingerprint density at radius 1 is 1.09 bits per heavy atom. The second-order valence-corrected chi connectivity index (χ2v) is 9.27. The summed E-state index contributed by atoms with van der Waals surface area (Å²) in [7, 11) is 0. The predicted octanol–water partition coefficient (Wildman–Crippen LogP) is 1.71. The van der Waals surface area contributed by atoms with E-state index in [0.29, 0.717) is 16.7 Å². The zero-order valence-corrected chi connectivity index (χ0v) is 18.6. The van der Waals surface area contributed by atoms with Crippen LogP contribution in [0.5, 0.6) is 5.75 Å². The lowest BCUT2D eigenvalue weighted by Gasteiger charge is -2.45. The molecule has 9 heteroatoms. The van der Waals surface area contributed by atoms with Crippen LogP contribution in [0.2, 0.25) is 0 Å². The van der Waals surface area contributed by atoms with Crippen LogP contribution in [0.4, 0.5) is 0 Å². The molecular weight excluding hydrogens is 452 g/mol. The quantitative estimate of drug-likeness (QED) is 0.362. The lowest BCUT2D eigenvalue weighted by Crippen LogP contribution is -2.57. The van der Waals surface area contributed by atoms with Gasteiger partial charge in [0, 0.05) is 30.0 Å². The maximum atomic E-state index is 13.7. The molecule has 5 rings (SSSR count). The number of phenolic OH excluding ortho intramolecular Hbond substituents is 1. The minimum atomic E-state index is -2.58. The summed E-state index contributed by atoms with van der Waals surface area (Å²) < 4.78 is 0. The van der Waals surface area contributed by atoms with Crippen LogP contribution >= 0.6 is 0 Å². The van der Waals surface area contributed by atoms with Crippen LogP contribution in [0.15, 0.2) is 59.1 Å². The second kappa shape index (κ2) is 7.79. The maximum absolute atomic E-state index is 13.7. The summed E-state index contributed by atoms with van der Waals surface area (Å²) in [6, 6.07) is 11.0. The first-order valence-electron chi connectivity index (χ1n) is 11.2. The van der Waals surface area contributed by atoms with Gasteiger partial charge in [0.25, 0.3) is 5.91 Å². The molecule has 0 aromatic heterocycles. The molecule has 1 amide bonds. The number of ketones is 2. The van der Waals surface area contributed by atoms with Gasteiger partial charge in [-0.2, -0.15) is 0 Å². The largest absolute Gasteiger partial charge is 0.511 e. The highest BCUT2D eigenvalue weighted by Gasteiger charge is 2.59. The van der Waals surface area contributed by atoms with Crippen molar-refractivity contribution in [2.75, 3.05) is 0 Å². The molecule has 0 fully saturated rings. The van der Waals surface area contributed by atoms with Gasteiger partial charge in [0.2, 0.25) is 5.78 Å². The number of benzene rings is 2. The van der Waals surface area contributed by atoms with E-state index < -0.39 is 52.0 Å². The number of carbonyl (C=O) groups excluding carboxylic acids is 3. The van der Waals surface area contributed by atoms with E-state index in [0.717, 1.165) is 5.56 Å². The molecule has 0 bridgehead atoms. The van der Waals surface area contributed by atoms with E-state index >= 15 is 0 Å². The van der Waals surface area contributed by atoms with E-state index in [4.69, 9.17) is 11.5 Å². The molecule has 2 aromatic rings. The molecular formula is C26H24N2O7. The highest BCUT2D eigenvalue weighted by Crippen LogP contribution is 2.52. The molecule has 2 aromatic carbocycles. The number of carbonyl (C=O) groups is 3. The summed E-state index contributed by atoms with van der Waals surface area (Å²) >= 11 is 0. The van der Waals surface area contributed by atoms with Crippen molar-refractivity contribution >= 4 is 17.5 Å². The van der Waals surface area contributed by atoms with Crippen molar-refractivity contribution in [3.8, 4) is 16.9 Å². The van der Waals surface area contributed by atoms with Gasteiger partial charge in [0.15, 0.2) is 11.4 Å². The minimum absolute atomic E-state index is 0.0385. The minimum Gasteiger partial charge on any atom is -0.511 e. The molecule has 3 atom stereocenters. The van der Waals surface area contributed by atoms with Crippen LogP contribution < -0.4 is 11.5 Å². The fraction of sp³-hybridized carbons (Fsp3) is 0.269. The van der Waals surface area contributed by atoms with E-state index in [1.807, 2.05) is 30.3 Å². The average Bonchev–Trinajstić information content (AvgIpc) is 2.82. The van der Waals surface area contributed by atoms with Crippen molar-refractivity contribution in [1.82, 2.24) is 0 Å². The Morgan fingerprint density at radius 3 is 2.40 bits per heavy atom. The normalized spacial score (nSPS) is 25.8. The summed E-state index contributed by atoms with van der Waals surface area (Å²) in [6.45, 7) is -0.0444. The van der Waals surface area contributed by atoms with Crippen LogP contribution in [-0.4, -0.2) is 43.5 Å². The molecule has 0 saturated heterocycles. The number of aliphatic hydroxyl groups is 3. The molecule has 9 nitrogen and oxygen atoms in total. The molecule has 3 aliphatic rings. The first-order chi connectivity index (χ1) is 16.6. The van der Waals surface area contributed by atoms with Crippen LogP contribution in [-0.2, 0) is 22.6 Å². The number of allylic oxidation sites excluding steroid dienone is 2. The van der Waals surface area contributed by atoms with Gasteiger partial charge in [-0.3, -0.25) is 14.4 Å². The first-order valence-corrected chi connectivity index (χ1v) is 11.2. The fourth-order valence-corrected chi connectivity index (χ4v) is 5.77. The topological polar surface area (TPSA) is 184 Å². The lowest BCUT2D eigenvalue weighted by molar-refractivity contribution is -0.144. The molecule has 0 saturated carbocycles. The van der Waals surface area contributed by atoms with Gasteiger partial charge in [-0.05, 0) is 41.5 Å².